The summed E-state index contributed by atoms with van der Waals surface area (Å²) in [5, 5.41) is 15.9. The van der Waals surface area contributed by atoms with E-state index in [0.29, 0.717) is 16.7 Å². The van der Waals surface area contributed by atoms with Gasteiger partial charge in [-0.2, -0.15) is 18.2 Å². The molecular formula is C27H23F4N3O3. The number of aliphatic carboxylic acids is 1. The lowest BCUT2D eigenvalue weighted by atomic mass is 9.94. The van der Waals surface area contributed by atoms with Crippen LogP contribution in [0.2, 0.25) is 0 Å². The third kappa shape index (κ3) is 5.69. The van der Waals surface area contributed by atoms with Gasteiger partial charge in [-0.3, -0.25) is 10.1 Å². The first-order valence-electron chi connectivity index (χ1n) is 11.2. The first kappa shape index (κ1) is 26.0. The van der Waals surface area contributed by atoms with Crippen LogP contribution in [0, 0.1) is 12.7 Å². The van der Waals surface area contributed by atoms with Crippen molar-refractivity contribution >= 4 is 5.97 Å². The predicted molar refractivity (Wildman–Crippen MR) is 129 cm³/mol. The number of nitrogens with one attached hydrogen (secondary N) is 1. The maximum absolute atomic E-state index is 14.3. The molecule has 0 saturated heterocycles. The van der Waals surface area contributed by atoms with Gasteiger partial charge in [0, 0.05) is 17.7 Å². The molecule has 1 aromatic heterocycles. The minimum absolute atomic E-state index is 0.0233. The van der Waals surface area contributed by atoms with Gasteiger partial charge in [0.2, 0.25) is 5.82 Å². The second-order valence-electron chi connectivity index (χ2n) is 9.13. The van der Waals surface area contributed by atoms with Crippen molar-refractivity contribution in [2.24, 2.45) is 0 Å². The fraction of sp³-hybridized carbons (Fsp3) is 0.222. The molecule has 3 aromatic carbocycles. The fourth-order valence-corrected chi connectivity index (χ4v) is 3.76. The Kier molecular flexibility index (Phi) is 6.88. The number of aromatic nitrogens is 2. The molecule has 0 aliphatic heterocycles. The number of rotatable bonds is 7. The fourth-order valence-electron chi connectivity index (χ4n) is 3.76. The number of halogens is 4. The van der Waals surface area contributed by atoms with Crippen molar-refractivity contribution in [3.05, 3.63) is 83.2 Å². The molecule has 0 spiro atoms. The average Bonchev–Trinajstić information content (AvgIpc) is 3.32. The monoisotopic (exact) mass is 513 g/mol. The number of hydrogen-bond donors (Lipinski definition) is 2. The van der Waals surface area contributed by atoms with E-state index in [-0.39, 0.29) is 35.0 Å². The van der Waals surface area contributed by atoms with E-state index in [1.807, 2.05) is 0 Å². The van der Waals surface area contributed by atoms with Gasteiger partial charge in [0.05, 0.1) is 5.56 Å². The molecule has 2 N–H and O–H groups in total. The van der Waals surface area contributed by atoms with E-state index in [0.717, 1.165) is 12.1 Å². The number of aryl methyl sites for hydroxylation is 1. The van der Waals surface area contributed by atoms with Crippen LogP contribution in [0.1, 0.15) is 30.5 Å². The molecule has 4 aromatic rings. The highest BCUT2D eigenvalue weighted by Crippen LogP contribution is 2.40. The summed E-state index contributed by atoms with van der Waals surface area (Å²) >= 11 is 0. The Morgan fingerprint density at radius 1 is 1.00 bits per heavy atom. The zero-order valence-electron chi connectivity index (χ0n) is 20.2. The molecule has 192 valence electrons. The van der Waals surface area contributed by atoms with Crippen molar-refractivity contribution in [1.82, 2.24) is 15.5 Å². The number of alkyl halides is 3. The van der Waals surface area contributed by atoms with Crippen LogP contribution in [-0.4, -0.2) is 26.8 Å². The molecule has 0 unspecified atom stereocenters. The number of hydrogen-bond acceptors (Lipinski definition) is 5. The van der Waals surface area contributed by atoms with Gasteiger partial charge in [-0.1, -0.05) is 35.5 Å². The predicted octanol–water partition coefficient (Wildman–Crippen LogP) is 6.49. The van der Waals surface area contributed by atoms with E-state index in [2.05, 4.69) is 15.5 Å². The number of carboxylic acids is 1. The second kappa shape index (κ2) is 9.78. The molecule has 0 saturated carbocycles. The van der Waals surface area contributed by atoms with Crippen molar-refractivity contribution < 1.29 is 32.0 Å². The summed E-state index contributed by atoms with van der Waals surface area (Å²) in [5.41, 5.74) is -0.190. The molecular weight excluding hydrogens is 490 g/mol. The minimum Gasteiger partial charge on any atom is -0.480 e. The zero-order chi connectivity index (χ0) is 27.0. The van der Waals surface area contributed by atoms with Crippen molar-refractivity contribution in [3.63, 3.8) is 0 Å². The second-order valence-corrected chi connectivity index (χ2v) is 9.13. The van der Waals surface area contributed by atoms with Gasteiger partial charge in [0.1, 0.15) is 11.4 Å². The van der Waals surface area contributed by atoms with Crippen LogP contribution in [-0.2, 0) is 17.5 Å². The molecule has 4 rings (SSSR count). The third-order valence-corrected chi connectivity index (χ3v) is 5.92. The first-order valence-corrected chi connectivity index (χ1v) is 11.2. The van der Waals surface area contributed by atoms with Gasteiger partial charge in [-0.05, 0) is 73.4 Å². The summed E-state index contributed by atoms with van der Waals surface area (Å²) in [7, 11) is 0. The highest BCUT2D eigenvalue weighted by molar-refractivity contribution is 5.77. The number of carbonyl (C=O) groups is 1. The Labute approximate surface area is 210 Å². The molecule has 0 atom stereocenters. The lowest BCUT2D eigenvalue weighted by molar-refractivity contribution is -0.143. The molecule has 0 radical (unpaired) electrons. The van der Waals surface area contributed by atoms with Crippen molar-refractivity contribution in [1.29, 1.82) is 0 Å². The van der Waals surface area contributed by atoms with Gasteiger partial charge < -0.3 is 9.63 Å². The summed E-state index contributed by atoms with van der Waals surface area (Å²) in [4.78, 5) is 15.5. The van der Waals surface area contributed by atoms with E-state index in [1.165, 1.54) is 32.0 Å². The lowest BCUT2D eigenvalue weighted by Gasteiger charge is -2.21. The Morgan fingerprint density at radius 3 is 2.41 bits per heavy atom. The van der Waals surface area contributed by atoms with Crippen molar-refractivity contribution in [3.8, 4) is 34.0 Å². The molecule has 6 nitrogen and oxygen atoms in total. The van der Waals surface area contributed by atoms with E-state index in [9.17, 15) is 27.5 Å². The Balaban J connectivity index is 1.67. The SMILES string of the molecule is Cc1ccccc1-c1ccc(-c2nc(-c3cc(F)cc(CNC(C)(C)C(=O)O)c3)no2)cc1C(F)(F)F. The smallest absolute Gasteiger partial charge is 0.417 e. The van der Waals surface area contributed by atoms with E-state index >= 15 is 0 Å². The molecule has 1 heterocycles. The molecule has 0 aliphatic carbocycles. The molecule has 37 heavy (non-hydrogen) atoms. The average molecular weight is 513 g/mol. The molecule has 0 bridgehead atoms. The van der Waals surface area contributed by atoms with Crippen LogP contribution in [0.25, 0.3) is 34.0 Å². The Bertz CT molecular complexity index is 1460. The van der Waals surface area contributed by atoms with Gasteiger partial charge in [-0.25, -0.2) is 4.39 Å². The summed E-state index contributed by atoms with van der Waals surface area (Å²) in [6.07, 6.45) is -4.63. The molecule has 0 fully saturated rings. The summed E-state index contributed by atoms with van der Waals surface area (Å²) < 4.78 is 61.4. The summed E-state index contributed by atoms with van der Waals surface area (Å²) in [6, 6.07) is 14.5. The highest BCUT2D eigenvalue weighted by atomic mass is 19.4. The van der Waals surface area contributed by atoms with Crippen LogP contribution in [0.5, 0.6) is 0 Å². The lowest BCUT2D eigenvalue weighted by Crippen LogP contribution is -2.46. The molecule has 0 aliphatic rings. The van der Waals surface area contributed by atoms with Crippen LogP contribution >= 0.6 is 0 Å². The zero-order valence-corrected chi connectivity index (χ0v) is 20.2. The van der Waals surface area contributed by atoms with E-state index in [4.69, 9.17) is 4.52 Å². The van der Waals surface area contributed by atoms with Crippen LogP contribution in [0.4, 0.5) is 17.6 Å². The minimum atomic E-state index is -4.63. The number of carboxylic acid groups (broad SMARTS) is 1. The normalized spacial score (nSPS) is 12.1. The largest absolute Gasteiger partial charge is 0.480 e. The van der Waals surface area contributed by atoms with Gasteiger partial charge in [-0.15, -0.1) is 0 Å². The first-order chi connectivity index (χ1) is 17.3. The third-order valence-electron chi connectivity index (χ3n) is 5.92. The molecule has 0 amide bonds. The standard InChI is InChI=1S/C27H23F4N3O3/c1-15-6-4-5-7-20(15)21-9-8-17(13-22(21)27(29,30)31)24-33-23(34-37-24)18-10-16(11-19(28)12-18)14-32-26(2,3)25(35)36/h4-13,32H,14H2,1-3H3,(H,35,36). The van der Waals surface area contributed by atoms with Gasteiger partial charge in [0.15, 0.2) is 0 Å². The van der Waals surface area contributed by atoms with Crippen LogP contribution in [0.15, 0.2) is 65.2 Å². The molecule has 10 heteroatoms. The maximum atomic E-state index is 14.3. The Hall–Kier alpha value is -4.05. The van der Waals surface area contributed by atoms with Crippen molar-refractivity contribution in [2.75, 3.05) is 0 Å². The van der Waals surface area contributed by atoms with E-state index in [1.54, 1.807) is 37.3 Å². The van der Waals surface area contributed by atoms with Crippen molar-refractivity contribution in [2.45, 2.75) is 39.0 Å². The van der Waals surface area contributed by atoms with Crippen LogP contribution < -0.4 is 5.32 Å². The quantitative estimate of drug-likeness (QED) is 0.275. The van der Waals surface area contributed by atoms with Crippen LogP contribution in [0.3, 0.4) is 0 Å². The number of benzene rings is 3. The summed E-state index contributed by atoms with van der Waals surface area (Å²) in [5.74, 6) is -1.87. The van der Waals surface area contributed by atoms with Gasteiger partial charge in [0.25, 0.3) is 5.89 Å². The summed E-state index contributed by atoms with van der Waals surface area (Å²) in [6.45, 7) is 4.73. The highest BCUT2D eigenvalue weighted by Gasteiger charge is 2.35. The topological polar surface area (TPSA) is 88.2 Å². The number of nitrogens with zero attached hydrogens (tertiary/aromatic N) is 2. The maximum Gasteiger partial charge on any atom is 0.417 e. The van der Waals surface area contributed by atoms with E-state index < -0.39 is 29.1 Å². The van der Waals surface area contributed by atoms with Gasteiger partial charge >= 0.3 is 12.1 Å². The Morgan fingerprint density at radius 2 is 1.73 bits per heavy atom.